The number of furan rings is 1. The molecule has 19 heavy (non-hydrogen) atoms. The van der Waals surface area contributed by atoms with E-state index in [-0.39, 0.29) is 5.91 Å². The first kappa shape index (κ1) is 12.7. The highest BCUT2D eigenvalue weighted by atomic mass is 16.3. The maximum atomic E-state index is 12.0. The van der Waals surface area contributed by atoms with Crippen molar-refractivity contribution in [2.45, 2.75) is 57.5 Å². The van der Waals surface area contributed by atoms with Crippen LogP contribution in [0.5, 0.6) is 0 Å². The van der Waals surface area contributed by atoms with Gasteiger partial charge in [0.05, 0.1) is 12.7 Å². The van der Waals surface area contributed by atoms with E-state index < -0.39 is 0 Å². The molecule has 1 heterocycles. The molecular weight excluding hydrogens is 240 g/mol. The summed E-state index contributed by atoms with van der Waals surface area (Å²) in [7, 11) is 0. The van der Waals surface area contributed by atoms with E-state index in [0.29, 0.717) is 23.9 Å². The smallest absolute Gasteiger partial charge is 0.227 e. The van der Waals surface area contributed by atoms with Crippen LogP contribution < -0.4 is 11.1 Å². The zero-order valence-electron chi connectivity index (χ0n) is 11.4. The zero-order chi connectivity index (χ0) is 13.5. The van der Waals surface area contributed by atoms with Gasteiger partial charge in [-0.3, -0.25) is 4.79 Å². The predicted molar refractivity (Wildman–Crippen MR) is 72.6 cm³/mol. The Labute approximate surface area is 113 Å². The molecule has 0 bridgehead atoms. The van der Waals surface area contributed by atoms with Crippen LogP contribution in [-0.4, -0.2) is 18.0 Å². The van der Waals surface area contributed by atoms with Gasteiger partial charge < -0.3 is 15.5 Å². The SMILES string of the molecule is Cc1ccoc1CC(=O)NC1CCC2(CC1)CC2N. The molecule has 2 saturated carbocycles. The minimum atomic E-state index is 0.0686. The molecule has 1 atom stereocenters. The lowest BCUT2D eigenvalue weighted by Gasteiger charge is -2.29. The Hall–Kier alpha value is -1.29. The van der Waals surface area contributed by atoms with Crippen molar-refractivity contribution in [2.75, 3.05) is 0 Å². The summed E-state index contributed by atoms with van der Waals surface area (Å²) < 4.78 is 5.30. The van der Waals surface area contributed by atoms with Gasteiger partial charge in [0.2, 0.25) is 5.91 Å². The Balaban J connectivity index is 1.47. The predicted octanol–water partition coefficient (Wildman–Crippen LogP) is 1.91. The number of hydrogen-bond acceptors (Lipinski definition) is 3. The Morgan fingerprint density at radius 2 is 2.21 bits per heavy atom. The third kappa shape index (κ3) is 2.54. The van der Waals surface area contributed by atoms with Gasteiger partial charge in [-0.2, -0.15) is 0 Å². The van der Waals surface area contributed by atoms with Crippen molar-refractivity contribution in [1.29, 1.82) is 0 Å². The molecular formula is C15H22N2O2. The molecule has 104 valence electrons. The zero-order valence-corrected chi connectivity index (χ0v) is 11.4. The second kappa shape index (κ2) is 4.67. The summed E-state index contributed by atoms with van der Waals surface area (Å²) in [4.78, 5) is 12.0. The third-order valence-corrected chi connectivity index (χ3v) is 4.89. The third-order valence-electron chi connectivity index (χ3n) is 4.89. The fourth-order valence-electron chi connectivity index (χ4n) is 3.30. The van der Waals surface area contributed by atoms with Gasteiger partial charge in [-0.1, -0.05) is 0 Å². The molecule has 1 aromatic heterocycles. The minimum absolute atomic E-state index is 0.0686. The van der Waals surface area contributed by atoms with Crippen LogP contribution in [0.1, 0.15) is 43.4 Å². The van der Waals surface area contributed by atoms with Crippen LogP contribution in [0.2, 0.25) is 0 Å². The lowest BCUT2D eigenvalue weighted by atomic mass is 9.83. The van der Waals surface area contributed by atoms with Gasteiger partial charge in [0.25, 0.3) is 0 Å². The quantitative estimate of drug-likeness (QED) is 0.874. The van der Waals surface area contributed by atoms with Gasteiger partial charge in [0, 0.05) is 12.1 Å². The summed E-state index contributed by atoms with van der Waals surface area (Å²) >= 11 is 0. The number of nitrogens with two attached hydrogens (primary N) is 1. The molecule has 4 heteroatoms. The van der Waals surface area contributed by atoms with Crippen LogP contribution in [0.25, 0.3) is 0 Å². The van der Waals surface area contributed by atoms with Crippen molar-refractivity contribution in [3.8, 4) is 0 Å². The van der Waals surface area contributed by atoms with Crippen molar-refractivity contribution in [2.24, 2.45) is 11.1 Å². The number of amides is 1. The number of carbonyl (C=O) groups excluding carboxylic acids is 1. The van der Waals surface area contributed by atoms with Crippen LogP contribution in [-0.2, 0) is 11.2 Å². The summed E-state index contributed by atoms with van der Waals surface area (Å²) in [6, 6.07) is 2.62. The molecule has 0 saturated heterocycles. The van der Waals surface area contributed by atoms with Crippen molar-refractivity contribution in [3.63, 3.8) is 0 Å². The number of nitrogens with one attached hydrogen (secondary N) is 1. The molecule has 3 rings (SSSR count). The summed E-state index contributed by atoms with van der Waals surface area (Å²) in [5, 5.41) is 3.12. The molecule has 2 aliphatic rings. The molecule has 1 aromatic rings. The standard InChI is InChI=1S/C15H22N2O2/c1-10-4-7-19-12(10)8-14(18)17-11-2-5-15(6-3-11)9-13(15)16/h4,7,11,13H,2-3,5-6,8-9,16H2,1H3,(H,17,18). The summed E-state index contributed by atoms with van der Waals surface area (Å²) in [6.45, 7) is 1.96. The highest BCUT2D eigenvalue weighted by Gasteiger charge is 2.52. The van der Waals surface area contributed by atoms with Gasteiger partial charge in [-0.15, -0.1) is 0 Å². The van der Waals surface area contributed by atoms with Crippen LogP contribution in [0, 0.1) is 12.3 Å². The Morgan fingerprint density at radius 1 is 1.53 bits per heavy atom. The fourth-order valence-corrected chi connectivity index (χ4v) is 3.30. The van der Waals surface area contributed by atoms with Gasteiger partial charge in [-0.05, 0) is 56.1 Å². The highest BCUT2D eigenvalue weighted by Crippen LogP contribution is 2.54. The number of rotatable bonds is 3. The molecule has 0 aromatic carbocycles. The molecule has 2 aliphatic carbocycles. The van der Waals surface area contributed by atoms with Crippen LogP contribution in [0.15, 0.2) is 16.7 Å². The number of carbonyl (C=O) groups is 1. The fraction of sp³-hybridized carbons (Fsp3) is 0.667. The normalized spacial score (nSPS) is 33.4. The molecule has 1 unspecified atom stereocenters. The molecule has 0 radical (unpaired) electrons. The Morgan fingerprint density at radius 3 is 2.74 bits per heavy atom. The monoisotopic (exact) mass is 262 g/mol. The van der Waals surface area contributed by atoms with E-state index in [1.54, 1.807) is 6.26 Å². The Bertz CT molecular complexity index is 472. The van der Waals surface area contributed by atoms with Crippen LogP contribution in [0.3, 0.4) is 0 Å². The lowest BCUT2D eigenvalue weighted by Crippen LogP contribution is -2.39. The van der Waals surface area contributed by atoms with Crippen LogP contribution >= 0.6 is 0 Å². The van der Waals surface area contributed by atoms with Gasteiger partial charge in [0.1, 0.15) is 5.76 Å². The van der Waals surface area contributed by atoms with Gasteiger partial charge in [0.15, 0.2) is 0 Å². The average molecular weight is 262 g/mol. The summed E-state index contributed by atoms with van der Waals surface area (Å²) in [5.74, 6) is 0.841. The molecule has 4 nitrogen and oxygen atoms in total. The molecule has 1 amide bonds. The molecule has 3 N–H and O–H groups in total. The van der Waals surface area contributed by atoms with E-state index in [0.717, 1.165) is 24.2 Å². The maximum absolute atomic E-state index is 12.0. The minimum Gasteiger partial charge on any atom is -0.469 e. The van der Waals surface area contributed by atoms with E-state index in [1.807, 2.05) is 13.0 Å². The van der Waals surface area contributed by atoms with Crippen molar-refractivity contribution in [3.05, 3.63) is 23.7 Å². The second-order valence-corrected chi connectivity index (χ2v) is 6.22. The number of hydrogen-bond donors (Lipinski definition) is 2. The lowest BCUT2D eigenvalue weighted by molar-refractivity contribution is -0.121. The Kier molecular flexibility index (Phi) is 3.13. The first-order valence-electron chi connectivity index (χ1n) is 7.17. The molecule has 2 fully saturated rings. The summed E-state index contributed by atoms with van der Waals surface area (Å²) in [5.41, 5.74) is 7.46. The first-order valence-corrected chi connectivity index (χ1v) is 7.17. The van der Waals surface area contributed by atoms with Crippen LogP contribution in [0.4, 0.5) is 0 Å². The van der Waals surface area contributed by atoms with Crippen molar-refractivity contribution in [1.82, 2.24) is 5.32 Å². The first-order chi connectivity index (χ1) is 9.09. The second-order valence-electron chi connectivity index (χ2n) is 6.22. The average Bonchev–Trinajstić information content (AvgIpc) is 2.81. The largest absolute Gasteiger partial charge is 0.469 e. The van der Waals surface area contributed by atoms with E-state index >= 15 is 0 Å². The van der Waals surface area contributed by atoms with E-state index in [1.165, 1.54) is 19.3 Å². The summed E-state index contributed by atoms with van der Waals surface area (Å²) in [6.07, 6.45) is 7.63. The number of aryl methyl sites for hydroxylation is 1. The maximum Gasteiger partial charge on any atom is 0.227 e. The van der Waals surface area contributed by atoms with Gasteiger partial charge in [-0.25, -0.2) is 0 Å². The van der Waals surface area contributed by atoms with Crippen molar-refractivity contribution < 1.29 is 9.21 Å². The highest BCUT2D eigenvalue weighted by molar-refractivity contribution is 5.78. The van der Waals surface area contributed by atoms with Gasteiger partial charge >= 0.3 is 0 Å². The van der Waals surface area contributed by atoms with E-state index in [9.17, 15) is 4.79 Å². The van der Waals surface area contributed by atoms with E-state index in [4.69, 9.17) is 10.2 Å². The molecule has 0 aliphatic heterocycles. The van der Waals surface area contributed by atoms with Crippen molar-refractivity contribution >= 4 is 5.91 Å². The topological polar surface area (TPSA) is 68.3 Å². The van der Waals surface area contributed by atoms with E-state index in [2.05, 4.69) is 5.32 Å². The molecule has 1 spiro atoms.